The molecule has 0 radical (unpaired) electrons. The van der Waals surface area contributed by atoms with E-state index in [2.05, 4.69) is 5.32 Å². The zero-order chi connectivity index (χ0) is 14.0. The van der Waals surface area contributed by atoms with E-state index in [0.717, 1.165) is 12.2 Å². The van der Waals surface area contributed by atoms with Gasteiger partial charge in [0.05, 0.1) is 19.3 Å². The van der Waals surface area contributed by atoms with Gasteiger partial charge in [-0.15, -0.1) is 0 Å². The molecule has 2 N–H and O–H groups in total. The minimum atomic E-state index is -1.15. The van der Waals surface area contributed by atoms with Crippen LogP contribution >= 0.6 is 0 Å². The third kappa shape index (κ3) is 9.80. The van der Waals surface area contributed by atoms with Crippen molar-refractivity contribution in [3.05, 3.63) is 12.2 Å². The summed E-state index contributed by atoms with van der Waals surface area (Å²) in [4.78, 5) is 21.4. The van der Waals surface area contributed by atoms with Crippen LogP contribution in [0.15, 0.2) is 12.2 Å². The highest BCUT2D eigenvalue weighted by atomic mass is 16.5. The number of ether oxygens (including phenoxy) is 2. The summed E-state index contributed by atoms with van der Waals surface area (Å²) in [5.74, 6) is -1.61. The van der Waals surface area contributed by atoms with Gasteiger partial charge in [-0.25, -0.2) is 4.79 Å². The van der Waals surface area contributed by atoms with Gasteiger partial charge < -0.3 is 19.9 Å². The van der Waals surface area contributed by atoms with E-state index in [-0.39, 0.29) is 12.1 Å². The number of rotatable bonds is 9. The van der Waals surface area contributed by atoms with Crippen LogP contribution in [0.4, 0.5) is 0 Å². The van der Waals surface area contributed by atoms with Gasteiger partial charge in [-0.05, 0) is 20.8 Å². The molecule has 1 amide bonds. The normalized spacial score (nSPS) is 14.4. The summed E-state index contributed by atoms with van der Waals surface area (Å²) in [7, 11) is 0. The molecule has 0 saturated carbocycles. The van der Waals surface area contributed by atoms with E-state index < -0.39 is 11.9 Å². The first-order valence-electron chi connectivity index (χ1n) is 5.86. The topological polar surface area (TPSA) is 84.9 Å². The molecule has 0 aromatic carbocycles. The molecule has 0 aromatic rings. The summed E-state index contributed by atoms with van der Waals surface area (Å²) in [6.07, 6.45) is 1.72. The molecule has 0 aromatic heterocycles. The number of carboxylic acid groups (broad SMARTS) is 1. The predicted molar refractivity (Wildman–Crippen MR) is 66.3 cm³/mol. The molecule has 104 valence electrons. The lowest BCUT2D eigenvalue weighted by molar-refractivity contribution is -0.131. The van der Waals surface area contributed by atoms with Crippen LogP contribution in [0.1, 0.15) is 20.8 Å². The summed E-state index contributed by atoms with van der Waals surface area (Å²) in [5, 5.41) is 10.9. The minimum absolute atomic E-state index is 0.0427. The number of carbonyl (C=O) groups is 2. The first-order valence-corrected chi connectivity index (χ1v) is 5.86. The summed E-state index contributed by atoms with van der Waals surface area (Å²) >= 11 is 0. The number of hydrogen-bond donors (Lipinski definition) is 2. The zero-order valence-corrected chi connectivity index (χ0v) is 11.0. The lowest BCUT2D eigenvalue weighted by atomic mass is 10.3. The Morgan fingerprint density at radius 3 is 2.50 bits per heavy atom. The summed E-state index contributed by atoms with van der Waals surface area (Å²) in [5.41, 5.74) is 0. The van der Waals surface area contributed by atoms with Crippen LogP contribution in [0.3, 0.4) is 0 Å². The first kappa shape index (κ1) is 16.6. The van der Waals surface area contributed by atoms with E-state index in [9.17, 15) is 9.59 Å². The smallest absolute Gasteiger partial charge is 0.328 e. The van der Waals surface area contributed by atoms with Crippen LogP contribution in [0.5, 0.6) is 0 Å². The van der Waals surface area contributed by atoms with Crippen LogP contribution < -0.4 is 5.32 Å². The molecule has 0 fully saturated rings. The van der Waals surface area contributed by atoms with Crippen molar-refractivity contribution in [3.63, 3.8) is 0 Å². The molecule has 0 aliphatic heterocycles. The van der Waals surface area contributed by atoms with Crippen LogP contribution in [-0.4, -0.2) is 48.9 Å². The van der Waals surface area contributed by atoms with Gasteiger partial charge in [-0.2, -0.15) is 0 Å². The molecule has 0 spiro atoms. The third-order valence-electron chi connectivity index (χ3n) is 1.95. The quantitative estimate of drug-likeness (QED) is 0.591. The third-order valence-corrected chi connectivity index (χ3v) is 1.95. The standard InChI is InChI=1S/C12H21NO5/c1-4-17-8-10(3)18-7-9(2)13-11(14)5-6-12(15)16/h5-6,9-10H,4,7-8H2,1-3H3,(H,13,14)(H,15,16). The van der Waals surface area contributed by atoms with Crippen LogP contribution in [0, 0.1) is 0 Å². The molecule has 0 aliphatic carbocycles. The predicted octanol–water partition coefficient (Wildman–Crippen LogP) is 0.573. The number of nitrogens with one attached hydrogen (secondary N) is 1. The second-order valence-corrected chi connectivity index (χ2v) is 3.88. The maximum atomic E-state index is 11.2. The Labute approximate surface area is 107 Å². The molecule has 6 nitrogen and oxygen atoms in total. The number of aliphatic carboxylic acids is 1. The van der Waals surface area contributed by atoms with Crippen molar-refractivity contribution >= 4 is 11.9 Å². The van der Waals surface area contributed by atoms with Gasteiger partial charge >= 0.3 is 5.97 Å². The van der Waals surface area contributed by atoms with Gasteiger partial charge in [-0.1, -0.05) is 0 Å². The Morgan fingerprint density at radius 2 is 1.94 bits per heavy atom. The fraction of sp³-hybridized carbons (Fsp3) is 0.667. The number of hydrogen-bond acceptors (Lipinski definition) is 4. The Balaban J connectivity index is 3.79. The van der Waals surface area contributed by atoms with Crippen LogP contribution in [0.25, 0.3) is 0 Å². The highest BCUT2D eigenvalue weighted by molar-refractivity contribution is 5.93. The van der Waals surface area contributed by atoms with Crippen molar-refractivity contribution < 1.29 is 24.2 Å². The average molecular weight is 259 g/mol. The van der Waals surface area contributed by atoms with Crippen LogP contribution in [-0.2, 0) is 19.1 Å². The van der Waals surface area contributed by atoms with E-state index in [0.29, 0.717) is 19.8 Å². The van der Waals surface area contributed by atoms with E-state index in [1.165, 1.54) is 0 Å². The number of carbonyl (C=O) groups excluding carboxylic acids is 1. The Kier molecular flexibility index (Phi) is 8.86. The fourth-order valence-electron chi connectivity index (χ4n) is 1.12. The van der Waals surface area contributed by atoms with Crippen LogP contribution in [0.2, 0.25) is 0 Å². The highest BCUT2D eigenvalue weighted by Gasteiger charge is 2.08. The van der Waals surface area contributed by atoms with Crippen molar-refractivity contribution in [2.75, 3.05) is 19.8 Å². The number of amides is 1. The van der Waals surface area contributed by atoms with Gasteiger partial charge in [0.2, 0.25) is 5.91 Å². The molecule has 2 atom stereocenters. The van der Waals surface area contributed by atoms with Crippen molar-refractivity contribution in [2.24, 2.45) is 0 Å². The molecule has 0 saturated heterocycles. The molecule has 18 heavy (non-hydrogen) atoms. The highest BCUT2D eigenvalue weighted by Crippen LogP contribution is 1.94. The number of carboxylic acids is 1. The second-order valence-electron chi connectivity index (χ2n) is 3.88. The molecular formula is C12H21NO5. The largest absolute Gasteiger partial charge is 0.478 e. The fourth-order valence-corrected chi connectivity index (χ4v) is 1.12. The summed E-state index contributed by atoms with van der Waals surface area (Å²) < 4.78 is 10.6. The molecule has 2 unspecified atom stereocenters. The van der Waals surface area contributed by atoms with Gasteiger partial charge in [-0.3, -0.25) is 4.79 Å². The zero-order valence-electron chi connectivity index (χ0n) is 11.0. The SMILES string of the molecule is CCOCC(C)OCC(C)NC(=O)C=CC(=O)O. The van der Waals surface area contributed by atoms with E-state index in [1.807, 2.05) is 13.8 Å². The molecule has 0 aliphatic rings. The van der Waals surface area contributed by atoms with E-state index >= 15 is 0 Å². The Bertz CT molecular complexity index is 290. The Morgan fingerprint density at radius 1 is 1.28 bits per heavy atom. The molecular weight excluding hydrogens is 238 g/mol. The Hall–Kier alpha value is -1.40. The van der Waals surface area contributed by atoms with Gasteiger partial charge in [0.25, 0.3) is 0 Å². The molecule has 6 heteroatoms. The lowest BCUT2D eigenvalue weighted by Gasteiger charge is -2.17. The average Bonchev–Trinajstić information content (AvgIpc) is 2.31. The lowest BCUT2D eigenvalue weighted by Crippen LogP contribution is -2.36. The second kappa shape index (κ2) is 9.61. The maximum absolute atomic E-state index is 11.2. The molecule has 0 bridgehead atoms. The summed E-state index contributed by atoms with van der Waals surface area (Å²) in [6, 6.07) is -0.194. The summed E-state index contributed by atoms with van der Waals surface area (Å²) in [6.45, 7) is 7.07. The van der Waals surface area contributed by atoms with E-state index in [4.69, 9.17) is 14.6 Å². The maximum Gasteiger partial charge on any atom is 0.328 e. The van der Waals surface area contributed by atoms with Crippen molar-refractivity contribution in [1.82, 2.24) is 5.32 Å². The van der Waals surface area contributed by atoms with Crippen molar-refractivity contribution in [2.45, 2.75) is 32.9 Å². The van der Waals surface area contributed by atoms with Crippen molar-refractivity contribution in [1.29, 1.82) is 0 Å². The van der Waals surface area contributed by atoms with Crippen molar-refractivity contribution in [3.8, 4) is 0 Å². The molecule has 0 rings (SSSR count). The monoisotopic (exact) mass is 259 g/mol. The minimum Gasteiger partial charge on any atom is -0.478 e. The van der Waals surface area contributed by atoms with E-state index in [1.54, 1.807) is 6.92 Å². The van der Waals surface area contributed by atoms with Gasteiger partial charge in [0.1, 0.15) is 0 Å². The first-order chi connectivity index (χ1) is 8.45. The van der Waals surface area contributed by atoms with Gasteiger partial charge in [0, 0.05) is 24.8 Å². The van der Waals surface area contributed by atoms with Gasteiger partial charge in [0.15, 0.2) is 0 Å². The molecule has 0 heterocycles.